The number of aliphatic hydroxyl groups excluding tert-OH is 1. The van der Waals surface area contributed by atoms with E-state index >= 15 is 0 Å². The minimum absolute atomic E-state index is 0.0162. The molecule has 1 aromatic heterocycles. The van der Waals surface area contributed by atoms with Crippen LogP contribution in [0.4, 0.5) is 0 Å². The minimum atomic E-state index is -0.906. The number of thioether (sulfide) groups is 1. The molecular weight excluding hydrogens is 510 g/mol. The van der Waals surface area contributed by atoms with E-state index in [-0.39, 0.29) is 37.6 Å². The van der Waals surface area contributed by atoms with Crippen LogP contribution in [-0.4, -0.2) is 54.2 Å². The first-order valence-electron chi connectivity index (χ1n) is 12.3. The first kappa shape index (κ1) is 27.7. The predicted molar refractivity (Wildman–Crippen MR) is 138 cm³/mol. The molecule has 2 aromatic carbocycles. The van der Waals surface area contributed by atoms with Gasteiger partial charge in [-0.2, -0.15) is 0 Å². The molecule has 0 aliphatic carbocycles. The number of aryl methyl sites for hydroxylation is 1. The van der Waals surface area contributed by atoms with Gasteiger partial charge in [0.05, 0.1) is 18.8 Å². The Labute approximate surface area is 224 Å². The van der Waals surface area contributed by atoms with Gasteiger partial charge >= 0.3 is 5.97 Å². The van der Waals surface area contributed by atoms with Crippen molar-refractivity contribution in [3.63, 3.8) is 0 Å². The van der Waals surface area contributed by atoms with Gasteiger partial charge in [-0.1, -0.05) is 60.3 Å². The highest BCUT2D eigenvalue weighted by molar-refractivity contribution is 7.99. The lowest BCUT2D eigenvalue weighted by Gasteiger charge is -2.36. The molecule has 2 heterocycles. The Hall–Kier alpha value is -3.32. The maximum atomic E-state index is 12.0. The van der Waals surface area contributed by atoms with E-state index in [1.807, 2.05) is 48.5 Å². The summed E-state index contributed by atoms with van der Waals surface area (Å²) in [6, 6.07) is 15.4. The second kappa shape index (κ2) is 13.5. The molecule has 0 saturated carbocycles. The fourth-order valence-electron chi connectivity index (χ4n) is 4.02. The number of carbonyl (C=O) groups excluding carboxylic acids is 1. The van der Waals surface area contributed by atoms with Crippen molar-refractivity contribution in [3.05, 3.63) is 70.8 Å². The van der Waals surface area contributed by atoms with Crippen LogP contribution < -0.4 is 5.32 Å². The van der Waals surface area contributed by atoms with Crippen LogP contribution in [0.25, 0.3) is 0 Å². The quantitative estimate of drug-likeness (QED) is 0.292. The highest BCUT2D eigenvalue weighted by Crippen LogP contribution is 2.39. The Kier molecular flexibility index (Phi) is 9.82. The highest BCUT2D eigenvalue weighted by Gasteiger charge is 2.32. The number of ether oxygens (including phenoxy) is 2. The molecule has 0 radical (unpaired) electrons. The molecule has 3 N–H and O–H groups in total. The minimum Gasteiger partial charge on any atom is -0.481 e. The number of tetrazole rings is 1. The fraction of sp³-hybridized carbons (Fsp3) is 0.423. The van der Waals surface area contributed by atoms with Crippen LogP contribution in [0, 0.1) is 0 Å². The zero-order valence-electron chi connectivity index (χ0n) is 21.0. The summed E-state index contributed by atoms with van der Waals surface area (Å²) in [5.74, 6) is -0.440. The van der Waals surface area contributed by atoms with Crippen molar-refractivity contribution in [1.82, 2.24) is 25.5 Å². The predicted octanol–water partition coefficient (Wildman–Crippen LogP) is 2.91. The van der Waals surface area contributed by atoms with Crippen LogP contribution in [0.15, 0.2) is 53.7 Å². The molecule has 11 nitrogen and oxygen atoms in total. The van der Waals surface area contributed by atoms with Crippen molar-refractivity contribution in [2.24, 2.45) is 7.05 Å². The third kappa shape index (κ3) is 7.84. The average molecular weight is 542 g/mol. The number of aliphatic hydroxyl groups is 1. The van der Waals surface area contributed by atoms with E-state index in [1.54, 1.807) is 11.7 Å². The standard InChI is InChI=1S/C26H31N5O6S/c1-31-26(28-29-30-31)38-16-21-13-22(19-9-7-18(15-32)8-10-19)37-25(36-21)20-11-5-17(6-12-20)14-27-23(33)3-2-4-24(34)35/h5-12,21-22,25,32H,2-4,13-16H2,1H3,(H,27,33)(H,34,35)/t21-,22+,25+/m0/s1. The number of carboxylic acids is 1. The van der Waals surface area contributed by atoms with Gasteiger partial charge in [0.25, 0.3) is 0 Å². The maximum absolute atomic E-state index is 12.0. The molecule has 202 valence electrons. The lowest BCUT2D eigenvalue weighted by atomic mass is 10.0. The SMILES string of the molecule is Cn1nnnc1SC[C@@H]1C[C@H](c2ccc(CO)cc2)O[C@H](c2ccc(CNC(=O)CCCC(=O)O)cc2)O1. The van der Waals surface area contributed by atoms with Gasteiger partial charge in [-0.3, -0.25) is 9.59 Å². The van der Waals surface area contributed by atoms with Gasteiger partial charge in [-0.05, 0) is 33.5 Å². The topological polar surface area (TPSA) is 149 Å². The van der Waals surface area contributed by atoms with Crippen molar-refractivity contribution in [2.45, 2.75) is 62.5 Å². The van der Waals surface area contributed by atoms with E-state index in [0.717, 1.165) is 22.3 Å². The van der Waals surface area contributed by atoms with Gasteiger partial charge in [-0.25, -0.2) is 4.68 Å². The van der Waals surface area contributed by atoms with Crippen LogP contribution in [0.5, 0.6) is 0 Å². The van der Waals surface area contributed by atoms with Gasteiger partial charge < -0.3 is 25.0 Å². The Bertz CT molecular complexity index is 1200. The van der Waals surface area contributed by atoms with E-state index in [1.165, 1.54) is 11.8 Å². The Morgan fingerprint density at radius 3 is 2.42 bits per heavy atom. The number of carbonyl (C=O) groups is 2. The molecule has 3 atom stereocenters. The normalized spacial score (nSPS) is 19.3. The van der Waals surface area contributed by atoms with Crippen molar-refractivity contribution >= 4 is 23.6 Å². The molecule has 0 unspecified atom stereocenters. The van der Waals surface area contributed by atoms with Gasteiger partial charge in [0.15, 0.2) is 6.29 Å². The Morgan fingerprint density at radius 2 is 1.76 bits per heavy atom. The van der Waals surface area contributed by atoms with Crippen LogP contribution in [0.1, 0.15) is 60.3 Å². The zero-order valence-corrected chi connectivity index (χ0v) is 21.8. The van der Waals surface area contributed by atoms with Gasteiger partial charge in [0.2, 0.25) is 11.1 Å². The Morgan fingerprint density at radius 1 is 1.05 bits per heavy atom. The van der Waals surface area contributed by atoms with Crippen molar-refractivity contribution in [1.29, 1.82) is 0 Å². The number of aliphatic carboxylic acids is 1. The number of carboxylic acid groups (broad SMARTS) is 1. The van der Waals surface area contributed by atoms with Crippen molar-refractivity contribution < 1.29 is 29.3 Å². The summed E-state index contributed by atoms with van der Waals surface area (Å²) >= 11 is 1.52. The van der Waals surface area contributed by atoms with Crippen LogP contribution in [-0.2, 0) is 39.3 Å². The zero-order chi connectivity index (χ0) is 26.9. The van der Waals surface area contributed by atoms with E-state index in [0.29, 0.717) is 30.3 Å². The summed E-state index contributed by atoms with van der Waals surface area (Å²) in [5.41, 5.74) is 3.61. The van der Waals surface area contributed by atoms with Gasteiger partial charge in [-0.15, -0.1) is 5.10 Å². The number of aromatic nitrogens is 4. The molecule has 1 aliphatic heterocycles. The summed E-state index contributed by atoms with van der Waals surface area (Å²) < 4.78 is 14.3. The molecular formula is C26H31N5O6S. The van der Waals surface area contributed by atoms with Gasteiger partial charge in [0, 0.05) is 44.2 Å². The molecule has 1 saturated heterocycles. The fourth-order valence-corrected chi connectivity index (χ4v) is 4.88. The third-order valence-corrected chi connectivity index (χ3v) is 7.27. The molecule has 3 aromatic rings. The Balaban J connectivity index is 1.40. The molecule has 38 heavy (non-hydrogen) atoms. The second-order valence-electron chi connectivity index (χ2n) is 9.01. The molecule has 12 heteroatoms. The summed E-state index contributed by atoms with van der Waals surface area (Å²) in [4.78, 5) is 22.6. The summed E-state index contributed by atoms with van der Waals surface area (Å²) in [5, 5.41) is 33.2. The molecule has 0 bridgehead atoms. The molecule has 1 fully saturated rings. The number of rotatable bonds is 12. The van der Waals surface area contributed by atoms with Crippen LogP contribution in [0.2, 0.25) is 0 Å². The van der Waals surface area contributed by atoms with Crippen molar-refractivity contribution in [3.8, 4) is 0 Å². The molecule has 1 amide bonds. The van der Waals surface area contributed by atoms with E-state index in [9.17, 15) is 14.7 Å². The van der Waals surface area contributed by atoms with Crippen LogP contribution >= 0.6 is 11.8 Å². The number of nitrogens with one attached hydrogen (secondary N) is 1. The first-order valence-corrected chi connectivity index (χ1v) is 13.3. The lowest BCUT2D eigenvalue weighted by Crippen LogP contribution is -2.31. The molecule has 1 aliphatic rings. The summed E-state index contributed by atoms with van der Waals surface area (Å²) in [7, 11) is 1.79. The number of benzene rings is 2. The van der Waals surface area contributed by atoms with E-state index in [4.69, 9.17) is 14.6 Å². The number of hydrogen-bond donors (Lipinski definition) is 3. The number of nitrogens with zero attached hydrogens (tertiary/aromatic N) is 4. The average Bonchev–Trinajstić information content (AvgIpc) is 3.35. The first-order chi connectivity index (χ1) is 18.4. The summed E-state index contributed by atoms with van der Waals surface area (Å²) in [6.07, 6.45) is 0.210. The van der Waals surface area contributed by atoms with E-state index < -0.39 is 12.3 Å². The van der Waals surface area contributed by atoms with E-state index in [2.05, 4.69) is 20.8 Å². The highest BCUT2D eigenvalue weighted by atomic mass is 32.2. The second-order valence-corrected chi connectivity index (χ2v) is 10.00. The monoisotopic (exact) mass is 541 g/mol. The number of amides is 1. The maximum Gasteiger partial charge on any atom is 0.303 e. The lowest BCUT2D eigenvalue weighted by molar-refractivity contribution is -0.245. The van der Waals surface area contributed by atoms with Gasteiger partial charge in [0.1, 0.15) is 0 Å². The largest absolute Gasteiger partial charge is 0.481 e. The smallest absolute Gasteiger partial charge is 0.303 e. The van der Waals surface area contributed by atoms with Crippen molar-refractivity contribution in [2.75, 3.05) is 5.75 Å². The molecule has 4 rings (SSSR count). The van der Waals surface area contributed by atoms with Crippen LogP contribution in [0.3, 0.4) is 0 Å². The third-order valence-electron chi connectivity index (χ3n) is 6.13. The summed E-state index contributed by atoms with van der Waals surface area (Å²) in [6.45, 7) is 0.334. The molecule has 0 spiro atoms. The number of hydrogen-bond acceptors (Lipinski definition) is 9.